The molecule has 1 aromatic heterocycles. The van der Waals surface area contributed by atoms with Crippen molar-refractivity contribution in [2.75, 3.05) is 6.61 Å². The number of ether oxygens (including phenoxy) is 1. The molecule has 0 saturated heterocycles. The second-order valence-corrected chi connectivity index (χ2v) is 7.05. The molecule has 0 aliphatic rings. The van der Waals surface area contributed by atoms with E-state index in [1.807, 2.05) is 60.7 Å². The SMILES string of the molecule is O=C(O)c1[nH]c2ccccc2c1CCCOc1ccccc1Cc1ccccc1. The van der Waals surface area contributed by atoms with Crippen LogP contribution in [0, 0.1) is 0 Å². The molecule has 3 aromatic carbocycles. The highest BCUT2D eigenvalue weighted by Gasteiger charge is 2.16. The number of fused-ring (bicyclic) bond motifs is 1. The van der Waals surface area contributed by atoms with Gasteiger partial charge in [0.15, 0.2) is 0 Å². The van der Waals surface area contributed by atoms with Crippen LogP contribution in [0.25, 0.3) is 10.9 Å². The molecule has 2 N–H and O–H groups in total. The third-order valence-corrected chi connectivity index (χ3v) is 5.07. The van der Waals surface area contributed by atoms with Gasteiger partial charge in [0.1, 0.15) is 11.4 Å². The van der Waals surface area contributed by atoms with Crippen LogP contribution in [0.4, 0.5) is 0 Å². The van der Waals surface area contributed by atoms with Crippen LogP contribution in [0.3, 0.4) is 0 Å². The number of nitrogens with one attached hydrogen (secondary N) is 1. The summed E-state index contributed by atoms with van der Waals surface area (Å²) in [6.07, 6.45) is 2.21. The van der Waals surface area contributed by atoms with E-state index in [0.717, 1.165) is 40.6 Å². The van der Waals surface area contributed by atoms with Crippen molar-refractivity contribution in [3.8, 4) is 5.75 Å². The molecule has 0 unspecified atom stereocenters. The Labute approximate surface area is 169 Å². The van der Waals surface area contributed by atoms with Crippen LogP contribution in [-0.2, 0) is 12.8 Å². The van der Waals surface area contributed by atoms with Gasteiger partial charge < -0.3 is 14.8 Å². The van der Waals surface area contributed by atoms with Gasteiger partial charge in [-0.1, -0.05) is 66.7 Å². The van der Waals surface area contributed by atoms with E-state index in [1.165, 1.54) is 5.56 Å². The number of hydrogen-bond acceptors (Lipinski definition) is 2. The number of carbonyl (C=O) groups is 1. The van der Waals surface area contributed by atoms with Gasteiger partial charge in [0.25, 0.3) is 0 Å². The molecule has 4 aromatic rings. The summed E-state index contributed by atoms with van der Waals surface area (Å²) < 4.78 is 6.06. The van der Waals surface area contributed by atoms with Gasteiger partial charge in [0, 0.05) is 17.3 Å². The minimum Gasteiger partial charge on any atom is -0.493 e. The number of carboxylic acid groups (broad SMARTS) is 1. The van der Waals surface area contributed by atoms with Crippen LogP contribution in [0.1, 0.15) is 33.6 Å². The van der Waals surface area contributed by atoms with Gasteiger partial charge in [-0.05, 0) is 41.7 Å². The summed E-state index contributed by atoms with van der Waals surface area (Å²) >= 11 is 0. The zero-order valence-electron chi connectivity index (χ0n) is 16.1. The molecule has 1 heterocycles. The highest BCUT2D eigenvalue weighted by atomic mass is 16.5. The lowest BCUT2D eigenvalue weighted by Crippen LogP contribution is -2.05. The molecule has 4 heteroatoms. The molecule has 0 fully saturated rings. The van der Waals surface area contributed by atoms with E-state index in [0.29, 0.717) is 13.0 Å². The Bertz CT molecular complexity index is 1120. The number of rotatable bonds is 8. The summed E-state index contributed by atoms with van der Waals surface area (Å²) in [6.45, 7) is 0.532. The topological polar surface area (TPSA) is 62.3 Å². The third-order valence-electron chi connectivity index (χ3n) is 5.07. The summed E-state index contributed by atoms with van der Waals surface area (Å²) in [5, 5.41) is 10.5. The van der Waals surface area contributed by atoms with Crippen LogP contribution in [0.15, 0.2) is 78.9 Å². The highest BCUT2D eigenvalue weighted by Crippen LogP contribution is 2.25. The fourth-order valence-corrected chi connectivity index (χ4v) is 3.68. The first kappa shape index (κ1) is 18.8. The van der Waals surface area contributed by atoms with E-state index >= 15 is 0 Å². The van der Waals surface area contributed by atoms with Gasteiger partial charge in [0.05, 0.1) is 6.61 Å². The Morgan fingerprint density at radius 3 is 2.45 bits per heavy atom. The van der Waals surface area contributed by atoms with Crippen LogP contribution in [0.2, 0.25) is 0 Å². The first-order valence-electron chi connectivity index (χ1n) is 9.80. The molecule has 146 valence electrons. The number of aromatic nitrogens is 1. The maximum absolute atomic E-state index is 11.6. The van der Waals surface area contributed by atoms with Gasteiger partial charge in [0.2, 0.25) is 0 Å². The maximum atomic E-state index is 11.6. The van der Waals surface area contributed by atoms with Crippen molar-refractivity contribution < 1.29 is 14.6 Å². The normalized spacial score (nSPS) is 10.9. The summed E-state index contributed by atoms with van der Waals surface area (Å²) in [6, 6.07) is 26.1. The number of hydrogen-bond donors (Lipinski definition) is 2. The summed E-state index contributed by atoms with van der Waals surface area (Å²) in [4.78, 5) is 14.6. The average molecular weight is 385 g/mol. The van der Waals surface area contributed by atoms with Crippen molar-refractivity contribution in [2.45, 2.75) is 19.3 Å². The molecule has 0 atom stereocenters. The lowest BCUT2D eigenvalue weighted by Gasteiger charge is -2.12. The zero-order valence-corrected chi connectivity index (χ0v) is 16.1. The molecule has 0 aliphatic carbocycles. The average Bonchev–Trinajstić information content (AvgIpc) is 3.12. The molecule has 0 spiro atoms. The van der Waals surface area contributed by atoms with E-state index in [4.69, 9.17) is 4.74 Å². The molecule has 4 nitrogen and oxygen atoms in total. The van der Waals surface area contributed by atoms with Crippen molar-refractivity contribution in [1.82, 2.24) is 4.98 Å². The van der Waals surface area contributed by atoms with Gasteiger partial charge in [-0.2, -0.15) is 0 Å². The zero-order chi connectivity index (χ0) is 20.1. The Morgan fingerprint density at radius 2 is 1.62 bits per heavy atom. The summed E-state index contributed by atoms with van der Waals surface area (Å²) in [5.74, 6) is -0.0425. The fraction of sp³-hybridized carbons (Fsp3) is 0.160. The molecule has 0 saturated carbocycles. The summed E-state index contributed by atoms with van der Waals surface area (Å²) in [5.41, 5.74) is 4.37. The Balaban J connectivity index is 1.43. The fourth-order valence-electron chi connectivity index (χ4n) is 3.68. The number of carboxylic acids is 1. The van der Waals surface area contributed by atoms with Crippen LogP contribution >= 0.6 is 0 Å². The van der Waals surface area contributed by atoms with Crippen LogP contribution < -0.4 is 4.74 Å². The second kappa shape index (κ2) is 8.65. The molecule has 4 rings (SSSR count). The van der Waals surface area contributed by atoms with Gasteiger partial charge in [-0.15, -0.1) is 0 Å². The smallest absolute Gasteiger partial charge is 0.352 e. The molecule has 29 heavy (non-hydrogen) atoms. The molecular weight excluding hydrogens is 362 g/mol. The quantitative estimate of drug-likeness (QED) is 0.395. The molecular formula is C25H23NO3. The van der Waals surface area contributed by atoms with E-state index in [1.54, 1.807) is 0 Å². The molecule has 0 amide bonds. The van der Waals surface area contributed by atoms with E-state index in [-0.39, 0.29) is 5.69 Å². The Kier molecular flexibility index (Phi) is 5.61. The first-order chi connectivity index (χ1) is 14.2. The largest absolute Gasteiger partial charge is 0.493 e. The lowest BCUT2D eigenvalue weighted by molar-refractivity contribution is 0.0690. The van der Waals surface area contributed by atoms with E-state index in [9.17, 15) is 9.90 Å². The van der Waals surface area contributed by atoms with Crippen LogP contribution in [0.5, 0.6) is 5.75 Å². The van der Waals surface area contributed by atoms with Crippen LogP contribution in [-0.4, -0.2) is 22.7 Å². The molecule has 0 aliphatic heterocycles. The van der Waals surface area contributed by atoms with Crippen molar-refractivity contribution in [1.29, 1.82) is 0 Å². The number of H-pyrrole nitrogens is 1. The minimum atomic E-state index is -0.926. The molecule has 0 radical (unpaired) electrons. The minimum absolute atomic E-state index is 0.274. The lowest BCUT2D eigenvalue weighted by atomic mass is 10.0. The standard InChI is InChI=1S/C25H23NO3/c27-25(28)24-21(20-12-5-6-14-22(20)26-24)13-8-16-29-23-15-7-4-11-19(23)17-18-9-2-1-3-10-18/h1-7,9-12,14-15,26H,8,13,16-17H2,(H,27,28). The third kappa shape index (κ3) is 4.32. The van der Waals surface area contributed by atoms with Crippen molar-refractivity contribution in [2.24, 2.45) is 0 Å². The monoisotopic (exact) mass is 385 g/mol. The van der Waals surface area contributed by atoms with Gasteiger partial charge >= 0.3 is 5.97 Å². The predicted molar refractivity (Wildman–Crippen MR) is 115 cm³/mol. The Hall–Kier alpha value is -3.53. The predicted octanol–water partition coefficient (Wildman–Crippen LogP) is 5.47. The number of aromatic amines is 1. The molecule has 0 bridgehead atoms. The number of benzene rings is 3. The first-order valence-corrected chi connectivity index (χ1v) is 9.80. The van der Waals surface area contributed by atoms with Gasteiger partial charge in [-0.25, -0.2) is 4.79 Å². The van der Waals surface area contributed by atoms with E-state index < -0.39 is 5.97 Å². The number of para-hydroxylation sites is 2. The van der Waals surface area contributed by atoms with Gasteiger partial charge in [-0.3, -0.25) is 0 Å². The Morgan fingerprint density at radius 1 is 0.897 bits per heavy atom. The van der Waals surface area contributed by atoms with Crippen molar-refractivity contribution in [3.63, 3.8) is 0 Å². The van der Waals surface area contributed by atoms with Crippen molar-refractivity contribution in [3.05, 3.63) is 101 Å². The number of aryl methyl sites for hydroxylation is 1. The number of aromatic carboxylic acids is 1. The van der Waals surface area contributed by atoms with Crippen molar-refractivity contribution >= 4 is 16.9 Å². The second-order valence-electron chi connectivity index (χ2n) is 7.05. The summed E-state index contributed by atoms with van der Waals surface area (Å²) in [7, 11) is 0. The maximum Gasteiger partial charge on any atom is 0.352 e. The highest BCUT2D eigenvalue weighted by molar-refractivity contribution is 5.97. The van der Waals surface area contributed by atoms with E-state index in [2.05, 4.69) is 23.2 Å².